The van der Waals surface area contributed by atoms with Crippen molar-refractivity contribution in [2.24, 2.45) is 5.92 Å². The van der Waals surface area contributed by atoms with E-state index in [9.17, 15) is 14.3 Å². The van der Waals surface area contributed by atoms with E-state index in [1.807, 2.05) is 6.92 Å². The monoisotopic (exact) mass is 238 g/mol. The zero-order valence-corrected chi connectivity index (χ0v) is 9.65. The fourth-order valence-corrected chi connectivity index (χ4v) is 2.47. The van der Waals surface area contributed by atoms with Crippen LogP contribution >= 0.6 is 0 Å². The van der Waals surface area contributed by atoms with Crippen molar-refractivity contribution >= 4 is 5.97 Å². The Morgan fingerprint density at radius 3 is 2.41 bits per heavy atom. The van der Waals surface area contributed by atoms with Gasteiger partial charge in [0.05, 0.1) is 24.5 Å². The van der Waals surface area contributed by atoms with Crippen molar-refractivity contribution in [1.82, 2.24) is 0 Å². The molecule has 1 atom stereocenters. The van der Waals surface area contributed by atoms with Crippen molar-refractivity contribution in [3.8, 4) is 0 Å². The highest BCUT2D eigenvalue weighted by Gasteiger charge is 2.49. The molecule has 0 spiro atoms. The average Bonchev–Trinajstić information content (AvgIpc) is 2.24. The lowest BCUT2D eigenvalue weighted by atomic mass is 9.67. The maximum Gasteiger partial charge on any atom is 0.307 e. The Labute approximate surface area is 99.2 Å². The molecule has 1 aromatic rings. The van der Waals surface area contributed by atoms with E-state index in [0.29, 0.717) is 19.6 Å². The number of ether oxygens (including phenoxy) is 1. The number of hydrogen-bond acceptors (Lipinski definition) is 2. The van der Waals surface area contributed by atoms with E-state index in [1.165, 1.54) is 12.1 Å². The first-order valence-electron chi connectivity index (χ1n) is 5.67. The second-order valence-corrected chi connectivity index (χ2v) is 4.45. The third-order valence-electron chi connectivity index (χ3n) is 3.51. The molecule has 0 saturated carbocycles. The van der Waals surface area contributed by atoms with Crippen LogP contribution in [0.15, 0.2) is 24.3 Å². The molecule has 2 rings (SSSR count). The number of carboxylic acids is 1. The maximum atomic E-state index is 12.9. The quantitative estimate of drug-likeness (QED) is 0.874. The van der Waals surface area contributed by atoms with E-state index in [0.717, 1.165) is 5.56 Å². The van der Waals surface area contributed by atoms with Gasteiger partial charge in [-0.1, -0.05) is 19.1 Å². The molecule has 4 heteroatoms. The number of carbonyl (C=O) groups is 1. The largest absolute Gasteiger partial charge is 0.481 e. The number of hydrogen-bond donors (Lipinski definition) is 1. The SMILES string of the molecule is CCC(C(=O)O)C1(c2ccc(F)cc2)COC1. The number of benzene rings is 1. The maximum absolute atomic E-state index is 12.9. The zero-order chi connectivity index (χ0) is 12.5. The minimum atomic E-state index is -0.819. The van der Waals surface area contributed by atoms with Gasteiger partial charge in [0, 0.05) is 0 Å². The average molecular weight is 238 g/mol. The second kappa shape index (κ2) is 4.45. The fraction of sp³-hybridized carbons (Fsp3) is 0.462. The summed E-state index contributed by atoms with van der Waals surface area (Å²) in [5.41, 5.74) is 0.355. The third kappa shape index (κ3) is 1.93. The van der Waals surface area contributed by atoms with Crippen LogP contribution < -0.4 is 0 Å². The topological polar surface area (TPSA) is 46.5 Å². The molecule has 1 saturated heterocycles. The van der Waals surface area contributed by atoms with Crippen LogP contribution in [0.25, 0.3) is 0 Å². The molecule has 1 aliphatic heterocycles. The Morgan fingerprint density at radius 2 is 2.06 bits per heavy atom. The molecule has 1 heterocycles. The number of rotatable bonds is 4. The van der Waals surface area contributed by atoms with E-state index in [4.69, 9.17) is 4.74 Å². The van der Waals surface area contributed by atoms with Gasteiger partial charge in [0.1, 0.15) is 5.82 Å². The molecule has 0 aliphatic carbocycles. The Hall–Kier alpha value is -1.42. The molecule has 1 aromatic carbocycles. The lowest BCUT2D eigenvalue weighted by molar-refractivity contribution is -0.157. The van der Waals surface area contributed by atoms with Crippen LogP contribution in [0.3, 0.4) is 0 Å². The number of halogens is 1. The van der Waals surface area contributed by atoms with Crippen molar-refractivity contribution in [3.05, 3.63) is 35.6 Å². The van der Waals surface area contributed by atoms with Gasteiger partial charge < -0.3 is 9.84 Å². The smallest absolute Gasteiger partial charge is 0.307 e. The number of carboxylic acid groups (broad SMARTS) is 1. The van der Waals surface area contributed by atoms with Gasteiger partial charge in [-0.25, -0.2) is 4.39 Å². The van der Waals surface area contributed by atoms with Crippen molar-refractivity contribution in [2.45, 2.75) is 18.8 Å². The lowest BCUT2D eigenvalue weighted by Crippen LogP contribution is -2.54. The van der Waals surface area contributed by atoms with Crippen LogP contribution in [0.2, 0.25) is 0 Å². The summed E-state index contributed by atoms with van der Waals surface area (Å²) in [4.78, 5) is 11.3. The predicted octanol–water partition coefficient (Wildman–Crippen LogP) is 2.20. The molecule has 1 aliphatic rings. The van der Waals surface area contributed by atoms with E-state index in [2.05, 4.69) is 0 Å². The molecule has 1 fully saturated rings. The first-order valence-corrected chi connectivity index (χ1v) is 5.67. The summed E-state index contributed by atoms with van der Waals surface area (Å²) in [6.45, 7) is 2.63. The van der Waals surface area contributed by atoms with Crippen LogP contribution in [-0.4, -0.2) is 24.3 Å². The third-order valence-corrected chi connectivity index (χ3v) is 3.51. The van der Waals surface area contributed by atoms with Crippen LogP contribution in [0.1, 0.15) is 18.9 Å². The highest BCUT2D eigenvalue weighted by molar-refractivity contribution is 5.73. The van der Waals surface area contributed by atoms with Crippen LogP contribution in [0.4, 0.5) is 4.39 Å². The minimum Gasteiger partial charge on any atom is -0.481 e. The van der Waals surface area contributed by atoms with E-state index < -0.39 is 17.3 Å². The first-order chi connectivity index (χ1) is 8.10. The Bertz CT molecular complexity index is 409. The van der Waals surface area contributed by atoms with Crippen molar-refractivity contribution in [2.75, 3.05) is 13.2 Å². The van der Waals surface area contributed by atoms with Gasteiger partial charge in [-0.3, -0.25) is 4.79 Å². The van der Waals surface area contributed by atoms with Crippen LogP contribution in [0.5, 0.6) is 0 Å². The van der Waals surface area contributed by atoms with Crippen molar-refractivity contribution in [3.63, 3.8) is 0 Å². The fourth-order valence-electron chi connectivity index (χ4n) is 2.47. The second-order valence-electron chi connectivity index (χ2n) is 4.45. The zero-order valence-electron chi connectivity index (χ0n) is 9.65. The first kappa shape index (κ1) is 12.0. The molecule has 17 heavy (non-hydrogen) atoms. The van der Waals surface area contributed by atoms with Gasteiger partial charge in [-0.2, -0.15) is 0 Å². The minimum absolute atomic E-state index is 0.312. The van der Waals surface area contributed by atoms with Crippen LogP contribution in [-0.2, 0) is 14.9 Å². The molecule has 0 radical (unpaired) electrons. The summed E-state index contributed by atoms with van der Waals surface area (Å²) in [7, 11) is 0. The van der Waals surface area contributed by atoms with Gasteiger partial charge in [0.15, 0.2) is 0 Å². The van der Waals surface area contributed by atoms with Gasteiger partial charge in [0.25, 0.3) is 0 Å². The van der Waals surface area contributed by atoms with E-state index in [-0.39, 0.29) is 5.82 Å². The van der Waals surface area contributed by atoms with Crippen molar-refractivity contribution in [1.29, 1.82) is 0 Å². The summed E-state index contributed by atoms with van der Waals surface area (Å²) >= 11 is 0. The van der Waals surface area contributed by atoms with E-state index in [1.54, 1.807) is 12.1 Å². The Balaban J connectivity index is 2.36. The molecule has 92 valence electrons. The van der Waals surface area contributed by atoms with Gasteiger partial charge >= 0.3 is 5.97 Å². The van der Waals surface area contributed by atoms with Gasteiger partial charge in [-0.05, 0) is 24.1 Å². The molecule has 0 aromatic heterocycles. The molecule has 0 bridgehead atoms. The predicted molar refractivity (Wildman–Crippen MR) is 60.3 cm³/mol. The molecule has 3 nitrogen and oxygen atoms in total. The van der Waals surface area contributed by atoms with Crippen molar-refractivity contribution < 1.29 is 19.0 Å². The summed E-state index contributed by atoms with van der Waals surface area (Å²) in [6.07, 6.45) is 0.538. The number of aliphatic carboxylic acids is 1. The summed E-state index contributed by atoms with van der Waals surface area (Å²) in [5, 5.41) is 9.26. The molecule has 1 unspecified atom stereocenters. The molecule has 0 amide bonds. The van der Waals surface area contributed by atoms with Crippen LogP contribution in [0, 0.1) is 11.7 Å². The highest BCUT2D eigenvalue weighted by Crippen LogP contribution is 2.41. The van der Waals surface area contributed by atoms with Gasteiger partial charge in [-0.15, -0.1) is 0 Å². The molecular formula is C13H15FO3. The summed E-state index contributed by atoms with van der Waals surface area (Å²) in [6, 6.07) is 6.04. The standard InChI is InChI=1S/C13H15FO3/c1-2-11(12(15)16)13(7-17-8-13)9-3-5-10(14)6-4-9/h3-6,11H,2,7-8H2,1H3,(H,15,16). The normalized spacial score (nSPS) is 19.4. The Morgan fingerprint density at radius 1 is 1.47 bits per heavy atom. The Kier molecular flexibility index (Phi) is 3.15. The molecule has 1 N–H and O–H groups in total. The highest BCUT2D eigenvalue weighted by atomic mass is 19.1. The van der Waals surface area contributed by atoms with Gasteiger partial charge in [0.2, 0.25) is 0 Å². The summed E-state index contributed by atoms with van der Waals surface area (Å²) in [5.74, 6) is -1.62. The lowest BCUT2D eigenvalue weighted by Gasteiger charge is -2.45. The van der Waals surface area contributed by atoms with E-state index >= 15 is 0 Å². The molecular weight excluding hydrogens is 223 g/mol. The summed E-state index contributed by atoms with van der Waals surface area (Å²) < 4.78 is 18.1.